The minimum Gasteiger partial charge on any atom is -0.405 e. The molecular weight excluding hydrogens is 428 g/mol. The van der Waals surface area contributed by atoms with Crippen LogP contribution >= 0.6 is 0 Å². The quantitative estimate of drug-likeness (QED) is 0.451. The Kier molecular flexibility index (Phi) is 7.71. The first-order valence-electron chi connectivity index (χ1n) is 11.9. The third-order valence-electron chi connectivity index (χ3n) is 7.20. The van der Waals surface area contributed by atoms with Crippen LogP contribution in [0.1, 0.15) is 53.9 Å². The molecule has 0 saturated carbocycles. The highest BCUT2D eigenvalue weighted by Gasteiger charge is 2.53. The van der Waals surface area contributed by atoms with Gasteiger partial charge in [0.25, 0.3) is 8.32 Å². The van der Waals surface area contributed by atoms with E-state index in [2.05, 4.69) is 75.9 Å². The molecule has 1 fully saturated rings. The van der Waals surface area contributed by atoms with E-state index >= 15 is 0 Å². The van der Waals surface area contributed by atoms with Crippen molar-refractivity contribution in [3.05, 3.63) is 73.3 Å². The van der Waals surface area contributed by atoms with Crippen LogP contribution in [0.25, 0.3) is 0 Å². The third kappa shape index (κ3) is 5.18. The highest BCUT2D eigenvalue weighted by molar-refractivity contribution is 6.99. The summed E-state index contributed by atoms with van der Waals surface area (Å²) in [6.45, 7) is 14.4. The molecule has 4 nitrogen and oxygen atoms in total. The lowest BCUT2D eigenvalue weighted by molar-refractivity contribution is -0.242. The second-order valence-electron chi connectivity index (χ2n) is 10.8. The number of aliphatic hydroxyl groups excluding tert-OH is 1. The van der Waals surface area contributed by atoms with Crippen molar-refractivity contribution in [3.8, 4) is 0 Å². The van der Waals surface area contributed by atoms with E-state index in [1.165, 1.54) is 10.4 Å². The molecule has 1 saturated heterocycles. The molecule has 1 aliphatic rings. The zero-order valence-corrected chi connectivity index (χ0v) is 21.8. The summed E-state index contributed by atoms with van der Waals surface area (Å²) in [6, 6.07) is 20.9. The topological polar surface area (TPSA) is 58.9 Å². The van der Waals surface area contributed by atoms with Crippen molar-refractivity contribution < 1.29 is 19.4 Å². The maximum atomic E-state index is 11.2. The molecule has 0 bridgehead atoms. The molecule has 5 heteroatoms. The van der Waals surface area contributed by atoms with Crippen LogP contribution in [0.15, 0.2) is 73.3 Å². The molecule has 2 N–H and O–H groups in total. The van der Waals surface area contributed by atoms with E-state index in [1.54, 1.807) is 6.08 Å². The second kappa shape index (κ2) is 9.85. The van der Waals surface area contributed by atoms with Gasteiger partial charge in [0.05, 0.1) is 23.9 Å². The molecule has 1 aliphatic heterocycles. The van der Waals surface area contributed by atoms with Crippen molar-refractivity contribution in [3.63, 3.8) is 0 Å². The highest BCUT2D eigenvalue weighted by Crippen LogP contribution is 2.41. The van der Waals surface area contributed by atoms with Crippen LogP contribution in [0.5, 0.6) is 0 Å². The molecule has 3 rings (SSSR count). The monoisotopic (exact) mass is 468 g/mol. The first kappa shape index (κ1) is 25.9. The number of ether oxygens (including phenoxy) is 1. The Hall–Kier alpha value is -1.76. The largest absolute Gasteiger partial charge is 0.405 e. The summed E-state index contributed by atoms with van der Waals surface area (Å²) in [5.41, 5.74) is -1.80. The van der Waals surface area contributed by atoms with E-state index in [4.69, 9.17) is 9.16 Å². The molecule has 0 unspecified atom stereocenters. The minimum atomic E-state index is -2.75. The molecular formula is C28H40O4Si. The molecule has 4 atom stereocenters. The normalized spacial score (nSPS) is 27.2. The molecule has 0 radical (unpaired) electrons. The second-order valence-corrected chi connectivity index (χ2v) is 15.1. The lowest BCUT2D eigenvalue weighted by Gasteiger charge is -2.50. The van der Waals surface area contributed by atoms with Crippen LogP contribution in [0.2, 0.25) is 5.04 Å². The SMILES string of the molecule is C=CC[C@@H](O)[C@]1(C)CC[C@](C)(O)[C@@H](CO[Si](c2ccccc2)(c2ccccc2)C(C)(C)C)O1. The van der Waals surface area contributed by atoms with E-state index in [9.17, 15) is 10.2 Å². The van der Waals surface area contributed by atoms with E-state index in [0.29, 0.717) is 19.3 Å². The Labute approximate surface area is 200 Å². The van der Waals surface area contributed by atoms with Gasteiger partial charge in [0, 0.05) is 0 Å². The van der Waals surface area contributed by atoms with Crippen LogP contribution in [-0.4, -0.2) is 48.5 Å². The maximum Gasteiger partial charge on any atom is 0.261 e. The lowest BCUT2D eigenvalue weighted by Crippen LogP contribution is -2.68. The van der Waals surface area contributed by atoms with Crippen molar-refractivity contribution in [1.82, 2.24) is 0 Å². The molecule has 0 spiro atoms. The third-order valence-corrected chi connectivity index (χ3v) is 12.2. The van der Waals surface area contributed by atoms with Crippen molar-refractivity contribution in [2.45, 2.75) is 82.3 Å². The van der Waals surface area contributed by atoms with E-state index in [0.717, 1.165) is 0 Å². The molecule has 0 aliphatic carbocycles. The molecule has 1 heterocycles. The van der Waals surface area contributed by atoms with Gasteiger partial charge < -0.3 is 19.4 Å². The van der Waals surface area contributed by atoms with Gasteiger partial charge in [-0.3, -0.25) is 0 Å². The standard InChI is InChI=1S/C28H40O4Si/c1-7-14-24(29)28(6)20-19-27(5,30)25(32-28)21-31-33(26(2,3)4,22-15-10-8-11-16-22)23-17-12-9-13-18-23/h7-13,15-18,24-25,29-30H,1,14,19-21H2,2-6H3/t24-,25-,27+,28+/m1/s1. The fraction of sp³-hybridized carbons (Fsp3) is 0.500. The Balaban J connectivity index is 2.01. The molecule has 0 aromatic heterocycles. The van der Waals surface area contributed by atoms with Gasteiger partial charge in [0.15, 0.2) is 0 Å². The van der Waals surface area contributed by atoms with E-state index in [-0.39, 0.29) is 11.6 Å². The predicted molar refractivity (Wildman–Crippen MR) is 138 cm³/mol. The zero-order valence-electron chi connectivity index (χ0n) is 20.8. The zero-order chi connectivity index (χ0) is 24.3. The van der Waals surface area contributed by atoms with E-state index < -0.39 is 31.7 Å². The molecule has 2 aromatic rings. The van der Waals surface area contributed by atoms with Gasteiger partial charge in [0.1, 0.15) is 6.10 Å². The summed E-state index contributed by atoms with van der Waals surface area (Å²) in [5.74, 6) is 0. The summed E-state index contributed by atoms with van der Waals surface area (Å²) in [5, 5.41) is 24.2. The summed E-state index contributed by atoms with van der Waals surface area (Å²) < 4.78 is 13.5. The van der Waals surface area contributed by atoms with Gasteiger partial charge >= 0.3 is 0 Å². The van der Waals surface area contributed by atoms with Crippen LogP contribution in [0.4, 0.5) is 0 Å². The first-order chi connectivity index (χ1) is 15.5. The van der Waals surface area contributed by atoms with Crippen LogP contribution in [0.3, 0.4) is 0 Å². The average molecular weight is 469 g/mol. The van der Waals surface area contributed by atoms with Gasteiger partial charge in [0.2, 0.25) is 0 Å². The van der Waals surface area contributed by atoms with Gasteiger partial charge in [-0.2, -0.15) is 0 Å². The number of aliphatic hydroxyl groups is 2. The van der Waals surface area contributed by atoms with E-state index in [1.807, 2.05) is 26.0 Å². The first-order valence-corrected chi connectivity index (χ1v) is 13.8. The molecule has 2 aromatic carbocycles. The fourth-order valence-electron chi connectivity index (χ4n) is 5.00. The molecule has 33 heavy (non-hydrogen) atoms. The molecule has 0 amide bonds. The summed E-state index contributed by atoms with van der Waals surface area (Å²) in [4.78, 5) is 0. The van der Waals surface area contributed by atoms with Crippen molar-refractivity contribution in [2.75, 3.05) is 6.61 Å². The smallest absolute Gasteiger partial charge is 0.261 e. The highest BCUT2D eigenvalue weighted by atomic mass is 28.4. The number of rotatable bonds is 8. The Morgan fingerprint density at radius 3 is 2.03 bits per heavy atom. The van der Waals surface area contributed by atoms with Gasteiger partial charge in [-0.15, -0.1) is 6.58 Å². The van der Waals surface area contributed by atoms with Crippen LogP contribution in [-0.2, 0) is 9.16 Å². The number of hydrogen-bond acceptors (Lipinski definition) is 4. The van der Waals surface area contributed by atoms with Gasteiger partial charge in [-0.05, 0) is 48.5 Å². The van der Waals surface area contributed by atoms with Crippen LogP contribution in [0, 0.1) is 0 Å². The lowest BCUT2D eigenvalue weighted by atomic mass is 9.80. The summed E-state index contributed by atoms with van der Waals surface area (Å²) in [7, 11) is -2.75. The van der Waals surface area contributed by atoms with Crippen LogP contribution < -0.4 is 10.4 Å². The fourth-order valence-corrected chi connectivity index (χ4v) is 9.56. The Bertz CT molecular complexity index is 867. The maximum absolute atomic E-state index is 11.2. The van der Waals surface area contributed by atoms with Gasteiger partial charge in [-0.1, -0.05) is 87.5 Å². The summed E-state index contributed by atoms with van der Waals surface area (Å²) in [6.07, 6.45) is 2.02. The Morgan fingerprint density at radius 2 is 1.58 bits per heavy atom. The van der Waals surface area contributed by atoms with Crippen molar-refractivity contribution >= 4 is 18.7 Å². The number of hydrogen-bond donors (Lipinski definition) is 2. The van der Waals surface area contributed by atoms with Crippen molar-refractivity contribution in [2.24, 2.45) is 0 Å². The average Bonchev–Trinajstić information content (AvgIpc) is 2.77. The summed E-state index contributed by atoms with van der Waals surface area (Å²) >= 11 is 0. The minimum absolute atomic E-state index is 0.165. The molecule has 180 valence electrons. The Morgan fingerprint density at radius 1 is 1.06 bits per heavy atom. The predicted octanol–water partition coefficient (Wildman–Crippen LogP) is 4.19. The van der Waals surface area contributed by atoms with Gasteiger partial charge in [-0.25, -0.2) is 0 Å². The van der Waals surface area contributed by atoms with Crippen molar-refractivity contribution in [1.29, 1.82) is 0 Å². The number of benzene rings is 2.